The van der Waals surface area contributed by atoms with Crippen LogP contribution in [0.25, 0.3) is 0 Å². The largest absolute Gasteiger partial charge is 0.493 e. The van der Waals surface area contributed by atoms with E-state index in [1.807, 2.05) is 11.0 Å². The van der Waals surface area contributed by atoms with Gasteiger partial charge in [-0.3, -0.25) is 10.1 Å². The number of aromatic nitrogens is 1. The maximum absolute atomic E-state index is 13.4. The summed E-state index contributed by atoms with van der Waals surface area (Å²) in [6, 6.07) is 6.42. The number of carboxylic acids is 1. The first-order chi connectivity index (χ1) is 16.2. The Morgan fingerprint density at radius 1 is 1.29 bits per heavy atom. The second-order valence-electron chi connectivity index (χ2n) is 9.73. The van der Waals surface area contributed by atoms with Crippen LogP contribution in [-0.2, 0) is 17.6 Å². The van der Waals surface area contributed by atoms with Gasteiger partial charge in [-0.1, -0.05) is 42.2 Å². The zero-order valence-corrected chi connectivity index (χ0v) is 21.6. The molecular formula is C25H33N3O4S2. The van der Waals surface area contributed by atoms with Gasteiger partial charge in [-0.05, 0) is 69.1 Å². The lowest BCUT2D eigenvalue weighted by Gasteiger charge is -2.36. The number of benzene rings is 1. The summed E-state index contributed by atoms with van der Waals surface area (Å²) in [5.41, 5.74) is 2.46. The van der Waals surface area contributed by atoms with Crippen LogP contribution in [0.1, 0.15) is 57.6 Å². The van der Waals surface area contributed by atoms with Crippen LogP contribution in [0.15, 0.2) is 28.6 Å². The zero-order chi connectivity index (χ0) is 24.3. The minimum atomic E-state index is -0.959. The number of aliphatic carboxylic acids is 1. The average molecular weight is 504 g/mol. The second kappa shape index (κ2) is 10.6. The van der Waals surface area contributed by atoms with Crippen molar-refractivity contribution in [3.63, 3.8) is 0 Å². The van der Waals surface area contributed by atoms with Crippen LogP contribution in [0, 0.1) is 5.92 Å². The Bertz CT molecular complexity index is 1030. The van der Waals surface area contributed by atoms with Crippen molar-refractivity contribution in [1.29, 1.82) is 0 Å². The molecule has 34 heavy (non-hydrogen) atoms. The molecule has 2 aromatic rings. The number of thioether (sulfide) groups is 1. The Morgan fingerprint density at radius 3 is 2.79 bits per heavy atom. The molecule has 0 saturated heterocycles. The summed E-state index contributed by atoms with van der Waals surface area (Å²) in [5, 5.41) is 12.9. The molecule has 4 rings (SSSR count). The normalized spacial score (nSPS) is 19.9. The molecule has 2 N–H and O–H groups in total. The van der Waals surface area contributed by atoms with Gasteiger partial charge in [0, 0.05) is 19.0 Å². The third-order valence-corrected chi connectivity index (χ3v) is 8.85. The molecule has 184 valence electrons. The minimum Gasteiger partial charge on any atom is -0.493 e. The molecule has 1 aromatic carbocycles. The SMILES string of the molecule is CC(C)(Sc1cnc(NC(=O)N(CCc2ccc3c(c2)CCO3)[C@H]2CC[C@H](C)CC2)s1)C(=O)O. The standard InChI is InChI=1S/C25H33N3O4S2/c1-16-4-7-19(8-5-16)28(12-10-17-6-9-20-18(14-17)11-13-32-20)24(31)27-23-26-15-21(33-23)34-25(2,3)22(29)30/h6,9,14-16,19H,4-5,7-8,10-13H2,1-3H3,(H,29,30)(H,26,27,31)/t16-,19-. The number of ether oxygens (including phenoxy) is 1. The smallest absolute Gasteiger partial charge is 0.323 e. The number of nitrogens with one attached hydrogen (secondary N) is 1. The van der Waals surface area contributed by atoms with Gasteiger partial charge in [-0.15, -0.1) is 0 Å². The van der Waals surface area contributed by atoms with E-state index in [1.54, 1.807) is 20.0 Å². The van der Waals surface area contributed by atoms with E-state index in [4.69, 9.17) is 4.74 Å². The number of nitrogens with zero attached hydrogens (tertiary/aromatic N) is 2. The number of fused-ring (bicyclic) bond motifs is 1. The van der Waals surface area contributed by atoms with E-state index in [0.717, 1.165) is 55.1 Å². The summed E-state index contributed by atoms with van der Waals surface area (Å²) in [6.07, 6.45) is 7.65. The number of carbonyl (C=O) groups excluding carboxylic acids is 1. The van der Waals surface area contributed by atoms with Crippen LogP contribution in [0.5, 0.6) is 5.75 Å². The van der Waals surface area contributed by atoms with Crippen LogP contribution >= 0.6 is 23.1 Å². The van der Waals surface area contributed by atoms with Gasteiger partial charge in [0.25, 0.3) is 0 Å². The number of anilines is 1. The van der Waals surface area contributed by atoms with Crippen molar-refractivity contribution in [1.82, 2.24) is 9.88 Å². The third kappa shape index (κ3) is 6.05. The second-order valence-corrected chi connectivity index (χ2v) is 12.7. The summed E-state index contributed by atoms with van der Waals surface area (Å²) >= 11 is 2.55. The van der Waals surface area contributed by atoms with Crippen molar-refractivity contribution in [3.8, 4) is 5.75 Å². The van der Waals surface area contributed by atoms with Crippen LogP contribution in [0.4, 0.5) is 9.93 Å². The maximum atomic E-state index is 13.4. The predicted molar refractivity (Wildman–Crippen MR) is 136 cm³/mol. The quantitative estimate of drug-likeness (QED) is 0.450. The first-order valence-electron chi connectivity index (χ1n) is 11.9. The Labute approximate surface area is 209 Å². The molecule has 1 aliphatic heterocycles. The van der Waals surface area contributed by atoms with Gasteiger partial charge in [0.15, 0.2) is 5.13 Å². The van der Waals surface area contributed by atoms with E-state index >= 15 is 0 Å². The molecule has 9 heteroatoms. The maximum Gasteiger partial charge on any atom is 0.323 e. The van der Waals surface area contributed by atoms with E-state index in [-0.39, 0.29) is 12.1 Å². The van der Waals surface area contributed by atoms with E-state index in [9.17, 15) is 14.7 Å². The number of amides is 2. The zero-order valence-electron chi connectivity index (χ0n) is 20.0. The van der Waals surface area contributed by atoms with Gasteiger partial charge in [0.1, 0.15) is 10.5 Å². The number of hydrogen-bond donors (Lipinski definition) is 2. The van der Waals surface area contributed by atoms with Crippen LogP contribution in [-0.4, -0.2) is 50.9 Å². The minimum absolute atomic E-state index is 0.132. The fourth-order valence-corrected chi connectivity index (χ4v) is 6.74. The Kier molecular flexibility index (Phi) is 7.72. The number of urea groups is 1. The molecule has 0 spiro atoms. The summed E-state index contributed by atoms with van der Waals surface area (Å²) < 4.78 is 5.43. The molecule has 2 amide bonds. The topological polar surface area (TPSA) is 91.8 Å². The average Bonchev–Trinajstić information content (AvgIpc) is 3.43. The molecule has 7 nitrogen and oxygen atoms in total. The van der Waals surface area contributed by atoms with Crippen molar-refractivity contribution in [2.75, 3.05) is 18.5 Å². The van der Waals surface area contributed by atoms with E-state index in [0.29, 0.717) is 17.6 Å². The van der Waals surface area contributed by atoms with Crippen LogP contribution in [0.2, 0.25) is 0 Å². The number of hydrogen-bond acceptors (Lipinski definition) is 6. The Hall–Kier alpha value is -2.26. The molecule has 2 aliphatic rings. The highest BCUT2D eigenvalue weighted by Crippen LogP contribution is 2.38. The summed E-state index contributed by atoms with van der Waals surface area (Å²) in [6.45, 7) is 6.99. The molecule has 1 aliphatic carbocycles. The fraction of sp³-hybridized carbons (Fsp3) is 0.560. The lowest BCUT2D eigenvalue weighted by Crippen LogP contribution is -2.45. The molecule has 1 fully saturated rings. The van der Waals surface area contributed by atoms with Crippen molar-refractivity contribution < 1.29 is 19.4 Å². The predicted octanol–water partition coefficient (Wildman–Crippen LogP) is 5.69. The van der Waals surface area contributed by atoms with E-state index < -0.39 is 10.7 Å². The molecule has 1 saturated carbocycles. The first-order valence-corrected chi connectivity index (χ1v) is 13.5. The lowest BCUT2D eigenvalue weighted by atomic mass is 9.86. The van der Waals surface area contributed by atoms with Gasteiger partial charge in [-0.25, -0.2) is 9.78 Å². The molecular weight excluding hydrogens is 470 g/mol. The lowest BCUT2D eigenvalue weighted by molar-refractivity contribution is -0.138. The summed E-state index contributed by atoms with van der Waals surface area (Å²) in [7, 11) is 0. The Balaban J connectivity index is 1.43. The first kappa shape index (κ1) is 24.9. The summed E-state index contributed by atoms with van der Waals surface area (Å²) in [5.74, 6) is 0.796. The van der Waals surface area contributed by atoms with Gasteiger partial charge in [-0.2, -0.15) is 0 Å². The number of carbonyl (C=O) groups is 2. The molecule has 0 bridgehead atoms. The highest BCUT2D eigenvalue weighted by atomic mass is 32.2. The highest BCUT2D eigenvalue weighted by molar-refractivity contribution is 8.03. The number of thiazole rings is 1. The van der Waals surface area contributed by atoms with Crippen molar-refractivity contribution >= 4 is 40.2 Å². The highest BCUT2D eigenvalue weighted by Gasteiger charge is 2.31. The van der Waals surface area contributed by atoms with E-state index in [2.05, 4.69) is 29.4 Å². The van der Waals surface area contributed by atoms with Gasteiger partial charge < -0.3 is 14.7 Å². The van der Waals surface area contributed by atoms with Crippen LogP contribution in [0.3, 0.4) is 0 Å². The molecule has 0 radical (unpaired) electrons. The third-order valence-electron chi connectivity index (χ3n) is 6.65. The van der Waals surface area contributed by atoms with Gasteiger partial charge >= 0.3 is 12.0 Å². The van der Waals surface area contributed by atoms with Gasteiger partial charge in [0.2, 0.25) is 0 Å². The molecule has 0 atom stereocenters. The Morgan fingerprint density at radius 2 is 2.06 bits per heavy atom. The monoisotopic (exact) mass is 503 g/mol. The molecule has 0 unspecified atom stereocenters. The van der Waals surface area contributed by atoms with E-state index in [1.165, 1.54) is 34.2 Å². The van der Waals surface area contributed by atoms with Crippen molar-refractivity contribution in [3.05, 3.63) is 35.5 Å². The van der Waals surface area contributed by atoms with Crippen molar-refractivity contribution in [2.45, 2.75) is 74.3 Å². The molecule has 2 heterocycles. The summed E-state index contributed by atoms with van der Waals surface area (Å²) in [4.78, 5) is 31.1. The fourth-order valence-electron chi connectivity index (χ4n) is 4.47. The number of carboxylic acid groups (broad SMARTS) is 1. The molecule has 1 aromatic heterocycles. The van der Waals surface area contributed by atoms with Crippen LogP contribution < -0.4 is 10.1 Å². The van der Waals surface area contributed by atoms with Gasteiger partial charge in [0.05, 0.1) is 17.0 Å². The van der Waals surface area contributed by atoms with Crippen molar-refractivity contribution in [2.24, 2.45) is 5.92 Å². The number of rotatable bonds is 8.